The van der Waals surface area contributed by atoms with E-state index >= 15 is 0 Å². The maximum Gasteiger partial charge on any atom is 0.271 e. The van der Waals surface area contributed by atoms with Crippen LogP contribution in [0.4, 0.5) is 5.69 Å². The summed E-state index contributed by atoms with van der Waals surface area (Å²) in [7, 11) is -3.92. The molecule has 0 aliphatic heterocycles. The first-order chi connectivity index (χ1) is 11.9. The van der Waals surface area contributed by atoms with Crippen LogP contribution in [-0.4, -0.2) is 30.7 Å². The molecule has 2 rings (SSSR count). The molecule has 0 bridgehead atoms. The molecule has 0 fully saturated rings. The van der Waals surface area contributed by atoms with Gasteiger partial charge in [-0.2, -0.15) is 4.31 Å². The number of nitro groups is 1. The van der Waals surface area contributed by atoms with Crippen LogP contribution in [0.2, 0.25) is 5.02 Å². The van der Waals surface area contributed by atoms with Crippen molar-refractivity contribution in [2.45, 2.75) is 17.9 Å². The summed E-state index contributed by atoms with van der Waals surface area (Å²) in [6.45, 7) is 0.729. The zero-order valence-corrected chi connectivity index (χ0v) is 16.1. The Bertz CT molecular complexity index is 848. The van der Waals surface area contributed by atoms with Crippen molar-refractivity contribution < 1.29 is 13.3 Å². The number of benzene rings is 2. The Morgan fingerprint density at radius 3 is 2.35 bits per heavy atom. The Balaban J connectivity index is 0.00000338. The number of hydrogen-bond donors (Lipinski definition) is 1. The number of nitrogens with two attached hydrogens (primary N) is 1. The monoisotopic (exact) mass is 419 g/mol. The molecule has 7 nitrogen and oxygen atoms in total. The predicted molar refractivity (Wildman–Crippen MR) is 103 cm³/mol. The van der Waals surface area contributed by atoms with E-state index in [0.717, 1.165) is 23.8 Å². The zero-order valence-electron chi connectivity index (χ0n) is 13.7. The first-order valence-corrected chi connectivity index (χ1v) is 9.36. The van der Waals surface area contributed by atoms with Gasteiger partial charge in [0.15, 0.2) is 0 Å². The van der Waals surface area contributed by atoms with Crippen molar-refractivity contribution in [2.24, 2.45) is 5.73 Å². The highest BCUT2D eigenvalue weighted by molar-refractivity contribution is 7.89. The van der Waals surface area contributed by atoms with Gasteiger partial charge in [0.05, 0.1) is 9.95 Å². The molecule has 2 aromatic rings. The summed E-state index contributed by atoms with van der Waals surface area (Å²) in [5.74, 6) is 0. The summed E-state index contributed by atoms with van der Waals surface area (Å²) in [5, 5.41) is 10.6. The first kappa shape index (κ1) is 22.3. The second-order valence-corrected chi connectivity index (χ2v) is 7.65. The summed E-state index contributed by atoms with van der Waals surface area (Å²) in [6, 6.07) is 12.5. The average Bonchev–Trinajstić information content (AvgIpc) is 2.58. The van der Waals surface area contributed by atoms with Gasteiger partial charge in [-0.3, -0.25) is 10.1 Å². The maximum atomic E-state index is 13.0. The molecule has 0 unspecified atom stereocenters. The van der Waals surface area contributed by atoms with Gasteiger partial charge < -0.3 is 5.73 Å². The molecule has 0 atom stereocenters. The fraction of sp³-hybridized carbons (Fsp3) is 0.250. The Hall–Kier alpha value is -1.71. The van der Waals surface area contributed by atoms with Crippen molar-refractivity contribution >= 4 is 39.7 Å². The zero-order chi connectivity index (χ0) is 18.4. The second-order valence-electron chi connectivity index (χ2n) is 5.34. The lowest BCUT2D eigenvalue weighted by Crippen LogP contribution is -2.32. The molecule has 142 valence electrons. The van der Waals surface area contributed by atoms with Gasteiger partial charge in [-0.1, -0.05) is 41.9 Å². The lowest BCUT2D eigenvalue weighted by Gasteiger charge is -2.22. The smallest absolute Gasteiger partial charge is 0.271 e. The van der Waals surface area contributed by atoms with Crippen LogP contribution in [0, 0.1) is 10.1 Å². The SMILES string of the molecule is Cl.NCCCN(Cc1ccccc1)S(=O)(=O)c1ccc([N+](=O)[O-])cc1Cl. The number of non-ortho nitro benzene ring substituents is 1. The Kier molecular flexibility index (Phi) is 8.45. The fourth-order valence-corrected chi connectivity index (χ4v) is 4.27. The van der Waals surface area contributed by atoms with Crippen molar-refractivity contribution in [3.63, 3.8) is 0 Å². The molecule has 0 aliphatic carbocycles. The minimum Gasteiger partial charge on any atom is -0.330 e. The summed E-state index contributed by atoms with van der Waals surface area (Å²) < 4.78 is 27.2. The van der Waals surface area contributed by atoms with Crippen LogP contribution in [0.1, 0.15) is 12.0 Å². The van der Waals surface area contributed by atoms with Crippen LogP contribution < -0.4 is 5.73 Å². The Morgan fingerprint density at radius 1 is 1.15 bits per heavy atom. The third-order valence-electron chi connectivity index (χ3n) is 3.56. The quantitative estimate of drug-likeness (QED) is 0.521. The minimum absolute atomic E-state index is 0. The molecule has 0 heterocycles. The fourth-order valence-electron chi connectivity index (χ4n) is 2.29. The van der Waals surface area contributed by atoms with Gasteiger partial charge in [-0.15, -0.1) is 12.4 Å². The molecular weight excluding hydrogens is 401 g/mol. The number of nitrogens with zero attached hydrogens (tertiary/aromatic N) is 2. The largest absolute Gasteiger partial charge is 0.330 e. The topological polar surface area (TPSA) is 107 Å². The molecule has 0 saturated carbocycles. The summed E-state index contributed by atoms with van der Waals surface area (Å²) in [4.78, 5) is 10.0. The Morgan fingerprint density at radius 2 is 1.81 bits per heavy atom. The number of nitro benzene ring substituents is 1. The highest BCUT2D eigenvalue weighted by atomic mass is 35.5. The minimum atomic E-state index is -3.92. The van der Waals surface area contributed by atoms with Crippen molar-refractivity contribution in [1.29, 1.82) is 0 Å². The van der Waals surface area contributed by atoms with E-state index in [4.69, 9.17) is 17.3 Å². The van der Waals surface area contributed by atoms with Crippen LogP contribution >= 0.6 is 24.0 Å². The molecular formula is C16H19Cl2N3O4S. The van der Waals surface area contributed by atoms with Gasteiger partial charge in [-0.25, -0.2) is 8.42 Å². The molecule has 0 saturated heterocycles. The van der Waals surface area contributed by atoms with Crippen LogP contribution in [0.3, 0.4) is 0 Å². The van der Waals surface area contributed by atoms with E-state index in [2.05, 4.69) is 0 Å². The third kappa shape index (κ3) is 5.39. The highest BCUT2D eigenvalue weighted by Gasteiger charge is 2.27. The summed E-state index contributed by atoms with van der Waals surface area (Å²) >= 11 is 6.00. The third-order valence-corrected chi connectivity index (χ3v) is 5.89. The number of hydrogen-bond acceptors (Lipinski definition) is 5. The van der Waals surface area contributed by atoms with Gasteiger partial charge in [0, 0.05) is 25.2 Å². The Labute approximate surface area is 163 Å². The van der Waals surface area contributed by atoms with E-state index in [-0.39, 0.29) is 41.1 Å². The first-order valence-electron chi connectivity index (χ1n) is 7.54. The molecule has 0 radical (unpaired) electrons. The molecule has 10 heteroatoms. The molecule has 2 N–H and O–H groups in total. The second kappa shape index (κ2) is 9.84. The van der Waals surface area contributed by atoms with E-state index in [1.54, 1.807) is 0 Å². The standard InChI is InChI=1S/C16H18ClN3O4S.ClH/c17-15-11-14(20(21)22)7-8-16(15)25(23,24)19(10-4-9-18)12-13-5-2-1-3-6-13;/h1-3,5-8,11H,4,9-10,12,18H2;1H. The molecule has 26 heavy (non-hydrogen) atoms. The van der Waals surface area contributed by atoms with Crippen LogP contribution in [0.5, 0.6) is 0 Å². The van der Waals surface area contributed by atoms with Crippen LogP contribution in [0.25, 0.3) is 0 Å². The van der Waals surface area contributed by atoms with E-state index in [0.29, 0.717) is 13.0 Å². The van der Waals surface area contributed by atoms with Crippen molar-refractivity contribution in [3.8, 4) is 0 Å². The number of sulfonamides is 1. The van der Waals surface area contributed by atoms with E-state index < -0.39 is 14.9 Å². The lowest BCUT2D eigenvalue weighted by molar-refractivity contribution is -0.384. The highest BCUT2D eigenvalue weighted by Crippen LogP contribution is 2.29. The lowest BCUT2D eigenvalue weighted by atomic mass is 10.2. The van der Waals surface area contributed by atoms with Gasteiger partial charge in [0.2, 0.25) is 10.0 Å². The number of halogens is 2. The van der Waals surface area contributed by atoms with Gasteiger partial charge in [0.1, 0.15) is 4.90 Å². The molecule has 0 aromatic heterocycles. The molecule has 0 amide bonds. The van der Waals surface area contributed by atoms with Crippen LogP contribution in [-0.2, 0) is 16.6 Å². The van der Waals surface area contributed by atoms with E-state index in [1.165, 1.54) is 4.31 Å². The summed E-state index contributed by atoms with van der Waals surface area (Å²) in [5.41, 5.74) is 6.07. The van der Waals surface area contributed by atoms with Gasteiger partial charge in [-0.05, 0) is 24.6 Å². The van der Waals surface area contributed by atoms with Gasteiger partial charge >= 0.3 is 0 Å². The van der Waals surface area contributed by atoms with Crippen molar-refractivity contribution in [1.82, 2.24) is 4.31 Å². The molecule has 0 spiro atoms. The van der Waals surface area contributed by atoms with Crippen LogP contribution in [0.15, 0.2) is 53.4 Å². The average molecular weight is 420 g/mol. The molecule has 0 aliphatic rings. The van der Waals surface area contributed by atoms with Crippen molar-refractivity contribution in [2.75, 3.05) is 13.1 Å². The number of rotatable bonds is 8. The summed E-state index contributed by atoms with van der Waals surface area (Å²) in [6.07, 6.45) is 0.483. The van der Waals surface area contributed by atoms with E-state index in [1.807, 2.05) is 30.3 Å². The maximum absolute atomic E-state index is 13.0. The predicted octanol–water partition coefficient (Wildman–Crippen LogP) is 3.21. The van der Waals surface area contributed by atoms with Gasteiger partial charge in [0.25, 0.3) is 5.69 Å². The normalized spacial score (nSPS) is 11.2. The van der Waals surface area contributed by atoms with Crippen molar-refractivity contribution in [3.05, 3.63) is 69.2 Å². The van der Waals surface area contributed by atoms with E-state index in [9.17, 15) is 18.5 Å². The molecule has 2 aromatic carbocycles.